The maximum Gasteiger partial charge on any atom is 0.309 e. The first-order chi connectivity index (χ1) is 18.7. The average Bonchev–Trinajstić information content (AvgIpc) is 3.61. The second kappa shape index (κ2) is 11.3. The third-order valence-electron chi connectivity index (χ3n) is 7.29. The van der Waals surface area contributed by atoms with Crippen LogP contribution in [0.1, 0.15) is 48.2 Å². The van der Waals surface area contributed by atoms with E-state index in [4.69, 9.17) is 4.74 Å². The van der Waals surface area contributed by atoms with E-state index in [1.54, 1.807) is 30.3 Å². The maximum absolute atomic E-state index is 16.4. The van der Waals surface area contributed by atoms with Gasteiger partial charge in [0.2, 0.25) is 5.78 Å². The number of alkyl halides is 1. The van der Waals surface area contributed by atoms with Crippen molar-refractivity contribution in [3.63, 3.8) is 0 Å². The van der Waals surface area contributed by atoms with Gasteiger partial charge < -0.3 is 25.5 Å². The highest BCUT2D eigenvalue weighted by atomic mass is 79.9. The van der Waals surface area contributed by atoms with Gasteiger partial charge in [-0.3, -0.25) is 14.4 Å². The number of aliphatic carboxylic acids is 1. The minimum absolute atomic E-state index is 0.106. The summed E-state index contributed by atoms with van der Waals surface area (Å²) in [4.78, 5) is 40.5. The van der Waals surface area contributed by atoms with E-state index in [9.17, 15) is 19.5 Å². The first-order valence-corrected chi connectivity index (χ1v) is 13.8. The van der Waals surface area contributed by atoms with Gasteiger partial charge >= 0.3 is 11.8 Å². The quantitative estimate of drug-likeness (QED) is 0.258. The summed E-state index contributed by atoms with van der Waals surface area (Å²) in [6.07, 6.45) is 2.96. The summed E-state index contributed by atoms with van der Waals surface area (Å²) >= 11 is 3.45. The Morgan fingerprint density at radius 1 is 1.10 bits per heavy atom. The first kappa shape index (κ1) is 27.1. The number of aromatic nitrogens is 1. The number of para-hydroxylation sites is 1. The van der Waals surface area contributed by atoms with Crippen LogP contribution < -0.4 is 10.6 Å². The smallest absolute Gasteiger partial charge is 0.309 e. The lowest BCUT2D eigenvalue weighted by molar-refractivity contribution is -0.183. The number of halogens is 2. The molecule has 10 heteroatoms. The number of hydrogen-bond acceptors (Lipinski definition) is 5. The van der Waals surface area contributed by atoms with Crippen LogP contribution in [0.3, 0.4) is 0 Å². The van der Waals surface area contributed by atoms with Crippen molar-refractivity contribution in [1.29, 1.82) is 0 Å². The van der Waals surface area contributed by atoms with Crippen LogP contribution in [-0.2, 0) is 20.7 Å². The van der Waals surface area contributed by atoms with E-state index in [0.29, 0.717) is 60.1 Å². The van der Waals surface area contributed by atoms with Crippen LogP contribution in [-0.4, -0.2) is 46.3 Å². The number of carbonyl (C=O) groups is 3. The van der Waals surface area contributed by atoms with Gasteiger partial charge in [0, 0.05) is 28.3 Å². The van der Waals surface area contributed by atoms with Crippen molar-refractivity contribution in [3.8, 4) is 0 Å². The molecule has 2 heterocycles. The number of fused-ring (bicyclic) bond motifs is 1. The van der Waals surface area contributed by atoms with Gasteiger partial charge in [-0.05, 0) is 77.9 Å². The Balaban J connectivity index is 1.27. The van der Waals surface area contributed by atoms with Crippen LogP contribution in [0.25, 0.3) is 10.9 Å². The number of Topliss-reactive ketones (excluding diaryl/α,β-unsaturated/α-hetero) is 1. The van der Waals surface area contributed by atoms with Gasteiger partial charge in [-0.1, -0.05) is 30.3 Å². The predicted octanol–water partition coefficient (Wildman–Crippen LogP) is 5.50. The molecule has 0 bridgehead atoms. The Labute approximate surface area is 233 Å². The zero-order valence-electron chi connectivity index (χ0n) is 21.1. The summed E-state index contributed by atoms with van der Waals surface area (Å²) in [5.74, 6) is -5.03. The van der Waals surface area contributed by atoms with Gasteiger partial charge in [-0.15, -0.1) is 0 Å². The number of rotatable bonds is 9. The maximum atomic E-state index is 16.4. The summed E-state index contributed by atoms with van der Waals surface area (Å²) in [5, 5.41) is 15.9. The molecule has 39 heavy (non-hydrogen) atoms. The van der Waals surface area contributed by atoms with Crippen LogP contribution >= 0.6 is 15.9 Å². The molecular formula is C29H29BrFN3O5. The number of aromatic amines is 1. The highest BCUT2D eigenvalue weighted by Crippen LogP contribution is 2.35. The first-order valence-electron chi connectivity index (χ1n) is 13.0. The lowest BCUT2D eigenvalue weighted by atomic mass is 9.87. The van der Waals surface area contributed by atoms with Crippen molar-refractivity contribution in [2.45, 2.75) is 50.5 Å². The van der Waals surface area contributed by atoms with Crippen molar-refractivity contribution in [3.05, 3.63) is 76.0 Å². The molecule has 8 nitrogen and oxygen atoms in total. The Morgan fingerprint density at radius 3 is 2.54 bits per heavy atom. The van der Waals surface area contributed by atoms with Crippen molar-refractivity contribution in [2.24, 2.45) is 5.92 Å². The molecule has 1 unspecified atom stereocenters. The molecule has 1 aliphatic carbocycles. The fourth-order valence-electron chi connectivity index (χ4n) is 5.13. The van der Waals surface area contributed by atoms with Crippen LogP contribution in [0.15, 0.2) is 64.8 Å². The summed E-state index contributed by atoms with van der Waals surface area (Å²) in [6, 6.07) is 14.4. The van der Waals surface area contributed by atoms with Gasteiger partial charge in [-0.2, -0.15) is 4.39 Å². The van der Waals surface area contributed by atoms with Gasteiger partial charge in [0.1, 0.15) is 5.69 Å². The average molecular weight is 598 g/mol. The molecule has 0 saturated heterocycles. The van der Waals surface area contributed by atoms with Crippen molar-refractivity contribution < 1.29 is 28.6 Å². The van der Waals surface area contributed by atoms with Crippen LogP contribution in [0.5, 0.6) is 0 Å². The number of benzene rings is 2. The molecule has 0 radical (unpaired) electrons. The molecule has 1 aromatic heterocycles. The van der Waals surface area contributed by atoms with Crippen LogP contribution in [0.4, 0.5) is 10.1 Å². The number of anilines is 1. The topological polar surface area (TPSA) is 121 Å². The fourth-order valence-corrected chi connectivity index (χ4v) is 5.66. The lowest BCUT2D eigenvalue weighted by Crippen LogP contribution is -2.47. The molecule has 1 aliphatic heterocycles. The van der Waals surface area contributed by atoms with Gasteiger partial charge in [0.15, 0.2) is 0 Å². The standard InChI is InChI=1S/C29H29BrFN3O5/c30-21-14-17(7-12-23(21)34-27(36)24-16-19-4-1-2-5-22(19)33-24)15-26(35)29(31,25-6-3-13-32-25)39-20-10-8-18(9-11-20)28(37)38/h1-2,4-7,12,14,16,18,20,32-33H,3,8-11,13,15H2,(H,34,36)(H,37,38). The van der Waals surface area contributed by atoms with E-state index in [2.05, 4.69) is 31.5 Å². The number of hydrogen-bond donors (Lipinski definition) is 4. The number of ketones is 1. The molecule has 1 fully saturated rings. The molecular weight excluding hydrogens is 569 g/mol. The van der Waals surface area contributed by atoms with E-state index in [0.717, 1.165) is 10.9 Å². The number of carbonyl (C=O) groups excluding carboxylic acids is 2. The van der Waals surface area contributed by atoms with Gasteiger partial charge in [0.25, 0.3) is 5.91 Å². The predicted molar refractivity (Wildman–Crippen MR) is 148 cm³/mol. The third-order valence-corrected chi connectivity index (χ3v) is 7.94. The number of ether oxygens (including phenoxy) is 1. The normalized spacial score (nSPS) is 20.6. The largest absolute Gasteiger partial charge is 0.481 e. The Kier molecular flexibility index (Phi) is 7.86. The van der Waals surface area contributed by atoms with Crippen LogP contribution in [0.2, 0.25) is 0 Å². The molecule has 2 aliphatic rings. The number of carboxylic acids is 1. The minimum Gasteiger partial charge on any atom is -0.481 e. The summed E-state index contributed by atoms with van der Waals surface area (Å²) in [6.45, 7) is 0.514. The van der Waals surface area contributed by atoms with E-state index in [1.807, 2.05) is 24.3 Å². The number of H-pyrrole nitrogens is 1. The third kappa shape index (κ3) is 5.91. The fraction of sp³-hybridized carbons (Fsp3) is 0.345. The van der Waals surface area contributed by atoms with E-state index < -0.39 is 29.6 Å². The molecule has 0 spiro atoms. The highest BCUT2D eigenvalue weighted by molar-refractivity contribution is 9.10. The second-order valence-corrected chi connectivity index (χ2v) is 10.9. The van der Waals surface area contributed by atoms with Gasteiger partial charge in [-0.25, -0.2) is 0 Å². The van der Waals surface area contributed by atoms with Crippen molar-refractivity contribution in [2.75, 3.05) is 11.9 Å². The monoisotopic (exact) mass is 597 g/mol. The Hall–Kier alpha value is -3.50. The lowest BCUT2D eigenvalue weighted by Gasteiger charge is -2.33. The molecule has 4 N–H and O–H groups in total. The summed E-state index contributed by atoms with van der Waals surface area (Å²) in [7, 11) is 0. The molecule has 1 amide bonds. The zero-order chi connectivity index (χ0) is 27.6. The van der Waals surface area contributed by atoms with Crippen molar-refractivity contribution >= 4 is 50.2 Å². The van der Waals surface area contributed by atoms with Gasteiger partial charge in [0.05, 0.1) is 23.4 Å². The summed E-state index contributed by atoms with van der Waals surface area (Å²) in [5.41, 5.74) is 2.43. The van der Waals surface area contributed by atoms with E-state index in [-0.39, 0.29) is 18.0 Å². The van der Waals surface area contributed by atoms with E-state index >= 15 is 4.39 Å². The Bertz CT molecular complexity index is 1410. The SMILES string of the molecule is O=C(Nc1ccc(CC(=O)C(F)(OC2CCC(C(=O)O)CC2)C2=CCCN2)cc1Br)c1cc2ccccc2[nH]1. The molecule has 3 aromatic rings. The molecule has 1 saturated carbocycles. The van der Waals surface area contributed by atoms with Crippen LogP contribution in [0, 0.1) is 5.92 Å². The molecule has 2 aromatic carbocycles. The van der Waals surface area contributed by atoms with E-state index in [1.165, 1.54) is 0 Å². The molecule has 1 atom stereocenters. The minimum atomic E-state index is -2.65. The second-order valence-electron chi connectivity index (χ2n) is 10.00. The number of carboxylic acid groups (broad SMARTS) is 1. The number of nitrogens with one attached hydrogen (secondary N) is 3. The summed E-state index contributed by atoms with van der Waals surface area (Å²) < 4.78 is 22.7. The number of amides is 1. The molecule has 204 valence electrons. The zero-order valence-corrected chi connectivity index (χ0v) is 22.7. The Morgan fingerprint density at radius 2 is 1.87 bits per heavy atom. The van der Waals surface area contributed by atoms with Crippen molar-refractivity contribution in [1.82, 2.24) is 10.3 Å². The highest BCUT2D eigenvalue weighted by Gasteiger charge is 2.47. The molecule has 5 rings (SSSR count).